The molecule has 2 aromatic rings. The quantitative estimate of drug-likeness (QED) is 0.742. The molecule has 1 amide bonds. The Morgan fingerprint density at radius 1 is 1.11 bits per heavy atom. The fourth-order valence-electron chi connectivity index (χ4n) is 3.37. The molecule has 0 atom stereocenters. The Bertz CT molecular complexity index is 1000. The number of hydrogen-bond acceptors (Lipinski definition) is 6. The Hall–Kier alpha value is -2.81. The molecule has 1 aromatic heterocycles. The van der Waals surface area contributed by atoms with Crippen LogP contribution in [0, 0.1) is 0 Å². The molecule has 0 aliphatic carbocycles. The number of methoxy groups -OCH3 is 2. The number of nitrogens with zero attached hydrogens (tertiary/aromatic N) is 3. The second-order valence-corrected chi connectivity index (χ2v) is 6.86. The van der Waals surface area contributed by atoms with Crippen molar-refractivity contribution in [3.05, 3.63) is 33.0 Å². The van der Waals surface area contributed by atoms with Gasteiger partial charge in [0.1, 0.15) is 6.54 Å². The van der Waals surface area contributed by atoms with Gasteiger partial charge >= 0.3 is 5.69 Å². The van der Waals surface area contributed by atoms with Crippen LogP contribution in [0.5, 0.6) is 11.5 Å². The summed E-state index contributed by atoms with van der Waals surface area (Å²) in [6, 6.07) is 2.75. The lowest BCUT2D eigenvalue weighted by Crippen LogP contribution is -2.46. The number of amides is 1. The Labute approximate surface area is 162 Å². The summed E-state index contributed by atoms with van der Waals surface area (Å²) in [5.74, 6) is 0.561. The molecule has 1 aromatic carbocycles. The summed E-state index contributed by atoms with van der Waals surface area (Å²) >= 11 is 0. The molecule has 152 valence electrons. The van der Waals surface area contributed by atoms with Crippen molar-refractivity contribution in [3.63, 3.8) is 0 Å². The maximum atomic E-state index is 13.1. The van der Waals surface area contributed by atoms with E-state index in [-0.39, 0.29) is 18.5 Å². The maximum absolute atomic E-state index is 13.1. The molecule has 1 aliphatic heterocycles. The SMILES string of the molecule is COc1cc2c(=O)n(C(C)C)c(=O)n(CC(=O)N3CCOCC3)c2cc1OC. The summed E-state index contributed by atoms with van der Waals surface area (Å²) in [5, 5.41) is 0.292. The third-order valence-corrected chi connectivity index (χ3v) is 4.85. The molecule has 0 spiro atoms. The van der Waals surface area contributed by atoms with Gasteiger partial charge in [-0.3, -0.25) is 18.7 Å². The van der Waals surface area contributed by atoms with Crippen LogP contribution in [0.2, 0.25) is 0 Å². The summed E-state index contributed by atoms with van der Waals surface area (Å²) < 4.78 is 18.4. The van der Waals surface area contributed by atoms with Crippen LogP contribution in [0.3, 0.4) is 0 Å². The Morgan fingerprint density at radius 3 is 2.29 bits per heavy atom. The molecular formula is C19H25N3O6. The highest BCUT2D eigenvalue weighted by Crippen LogP contribution is 2.30. The summed E-state index contributed by atoms with van der Waals surface area (Å²) in [4.78, 5) is 40.5. The van der Waals surface area contributed by atoms with E-state index in [0.717, 1.165) is 4.57 Å². The van der Waals surface area contributed by atoms with Crippen LogP contribution in [0.1, 0.15) is 19.9 Å². The van der Waals surface area contributed by atoms with Crippen LogP contribution >= 0.6 is 0 Å². The fraction of sp³-hybridized carbons (Fsp3) is 0.526. The van der Waals surface area contributed by atoms with Gasteiger partial charge in [0, 0.05) is 25.2 Å². The highest BCUT2D eigenvalue weighted by Gasteiger charge is 2.22. The van der Waals surface area contributed by atoms with E-state index in [1.165, 1.54) is 18.8 Å². The Kier molecular flexibility index (Phi) is 5.73. The predicted octanol–water partition coefficient (Wildman–Crippen LogP) is 0.620. The molecule has 28 heavy (non-hydrogen) atoms. The van der Waals surface area contributed by atoms with E-state index in [1.807, 2.05) is 0 Å². The van der Waals surface area contributed by atoms with Crippen molar-refractivity contribution in [1.29, 1.82) is 0 Å². The zero-order valence-corrected chi connectivity index (χ0v) is 16.6. The van der Waals surface area contributed by atoms with Crippen LogP contribution in [0.15, 0.2) is 21.7 Å². The predicted molar refractivity (Wildman–Crippen MR) is 103 cm³/mol. The molecule has 2 heterocycles. The van der Waals surface area contributed by atoms with E-state index < -0.39 is 11.2 Å². The summed E-state index contributed by atoms with van der Waals surface area (Å²) in [7, 11) is 2.95. The molecule has 9 heteroatoms. The van der Waals surface area contributed by atoms with Crippen molar-refractivity contribution >= 4 is 16.8 Å². The first-order valence-corrected chi connectivity index (χ1v) is 9.15. The minimum absolute atomic E-state index is 0.169. The normalized spacial score (nSPS) is 14.5. The van der Waals surface area contributed by atoms with Crippen molar-refractivity contribution in [2.45, 2.75) is 26.4 Å². The first-order chi connectivity index (χ1) is 13.4. The third-order valence-electron chi connectivity index (χ3n) is 4.85. The smallest absolute Gasteiger partial charge is 0.332 e. The molecule has 0 unspecified atom stereocenters. The number of rotatable bonds is 5. The second kappa shape index (κ2) is 8.05. The number of ether oxygens (including phenoxy) is 3. The van der Waals surface area contributed by atoms with Gasteiger partial charge in [0.2, 0.25) is 5.91 Å². The minimum atomic E-state index is -0.527. The van der Waals surface area contributed by atoms with E-state index >= 15 is 0 Å². The van der Waals surface area contributed by atoms with Gasteiger partial charge in [-0.1, -0.05) is 0 Å². The van der Waals surface area contributed by atoms with Gasteiger partial charge in [-0.25, -0.2) is 4.79 Å². The average molecular weight is 391 g/mol. The molecule has 0 bridgehead atoms. The topological polar surface area (TPSA) is 92.0 Å². The summed E-state index contributed by atoms with van der Waals surface area (Å²) in [6.45, 7) is 5.24. The zero-order chi connectivity index (χ0) is 20.4. The number of carbonyl (C=O) groups excluding carboxylic acids is 1. The van der Waals surface area contributed by atoms with Gasteiger partial charge in [-0.2, -0.15) is 0 Å². The van der Waals surface area contributed by atoms with E-state index in [2.05, 4.69) is 0 Å². The van der Waals surface area contributed by atoms with Gasteiger partial charge in [0.05, 0.1) is 38.3 Å². The van der Waals surface area contributed by atoms with Crippen molar-refractivity contribution < 1.29 is 19.0 Å². The molecule has 1 saturated heterocycles. The van der Waals surface area contributed by atoms with Gasteiger partial charge in [-0.05, 0) is 19.9 Å². The first-order valence-electron chi connectivity index (χ1n) is 9.15. The highest BCUT2D eigenvalue weighted by molar-refractivity contribution is 5.84. The van der Waals surface area contributed by atoms with Gasteiger partial charge in [-0.15, -0.1) is 0 Å². The van der Waals surface area contributed by atoms with Gasteiger partial charge in [0.15, 0.2) is 11.5 Å². The summed E-state index contributed by atoms with van der Waals surface area (Å²) in [5.41, 5.74) is -0.612. The van der Waals surface area contributed by atoms with Crippen molar-refractivity contribution in [3.8, 4) is 11.5 Å². The monoisotopic (exact) mass is 391 g/mol. The lowest BCUT2D eigenvalue weighted by Gasteiger charge is -2.27. The zero-order valence-electron chi connectivity index (χ0n) is 16.6. The van der Waals surface area contributed by atoms with E-state index in [0.29, 0.717) is 48.7 Å². The highest BCUT2D eigenvalue weighted by atomic mass is 16.5. The molecule has 1 fully saturated rings. The van der Waals surface area contributed by atoms with Crippen LogP contribution < -0.4 is 20.7 Å². The van der Waals surface area contributed by atoms with E-state index in [9.17, 15) is 14.4 Å². The average Bonchev–Trinajstić information content (AvgIpc) is 2.70. The first kappa shape index (κ1) is 19.9. The van der Waals surface area contributed by atoms with Crippen LogP contribution in [0.25, 0.3) is 10.9 Å². The van der Waals surface area contributed by atoms with Crippen LogP contribution in [-0.4, -0.2) is 60.5 Å². The number of benzene rings is 1. The fourth-order valence-corrected chi connectivity index (χ4v) is 3.37. The van der Waals surface area contributed by atoms with Crippen LogP contribution in [-0.2, 0) is 16.1 Å². The number of carbonyl (C=O) groups is 1. The number of aromatic nitrogens is 2. The molecule has 0 radical (unpaired) electrons. The van der Waals surface area contributed by atoms with Crippen molar-refractivity contribution in [1.82, 2.24) is 14.0 Å². The van der Waals surface area contributed by atoms with E-state index in [1.54, 1.807) is 30.9 Å². The Balaban J connectivity index is 2.22. The Morgan fingerprint density at radius 2 is 1.71 bits per heavy atom. The number of hydrogen-bond donors (Lipinski definition) is 0. The van der Waals surface area contributed by atoms with Crippen molar-refractivity contribution in [2.24, 2.45) is 0 Å². The maximum Gasteiger partial charge on any atom is 0.332 e. The lowest BCUT2D eigenvalue weighted by molar-refractivity contribution is -0.135. The lowest BCUT2D eigenvalue weighted by atomic mass is 10.2. The number of fused-ring (bicyclic) bond motifs is 1. The standard InChI is InChI=1S/C19H25N3O6/c1-12(2)22-18(24)13-9-15(26-3)16(27-4)10-14(13)21(19(22)25)11-17(23)20-5-7-28-8-6-20/h9-10,12H,5-8,11H2,1-4H3. The third kappa shape index (κ3) is 3.49. The number of morpholine rings is 1. The minimum Gasteiger partial charge on any atom is -0.493 e. The largest absolute Gasteiger partial charge is 0.493 e. The molecule has 9 nitrogen and oxygen atoms in total. The van der Waals surface area contributed by atoms with Gasteiger partial charge in [0.25, 0.3) is 5.56 Å². The molecule has 1 aliphatic rings. The summed E-state index contributed by atoms with van der Waals surface area (Å²) in [6.07, 6.45) is 0. The second-order valence-electron chi connectivity index (χ2n) is 6.86. The van der Waals surface area contributed by atoms with Crippen molar-refractivity contribution in [2.75, 3.05) is 40.5 Å². The van der Waals surface area contributed by atoms with Crippen LogP contribution in [0.4, 0.5) is 0 Å². The molecule has 3 rings (SSSR count). The van der Waals surface area contributed by atoms with Gasteiger partial charge < -0.3 is 19.1 Å². The molecular weight excluding hydrogens is 366 g/mol. The van der Waals surface area contributed by atoms with E-state index in [4.69, 9.17) is 14.2 Å². The molecule has 0 N–H and O–H groups in total. The molecule has 0 saturated carbocycles.